The number of hydrogen-bond donors (Lipinski definition) is 2. The quantitative estimate of drug-likeness (QED) is 0.867. The highest BCUT2D eigenvalue weighted by atomic mass is 16.2. The second-order valence-electron chi connectivity index (χ2n) is 5.91. The van der Waals surface area contributed by atoms with Gasteiger partial charge in [-0.2, -0.15) is 0 Å². The number of benzene rings is 1. The lowest BCUT2D eigenvalue weighted by Gasteiger charge is -2.26. The predicted molar refractivity (Wildman–Crippen MR) is 82.7 cm³/mol. The molecule has 21 heavy (non-hydrogen) atoms. The molecule has 1 aliphatic carbocycles. The summed E-state index contributed by atoms with van der Waals surface area (Å²) >= 11 is 0. The third-order valence-corrected chi connectivity index (χ3v) is 3.97. The minimum absolute atomic E-state index is 0.0454. The molecule has 0 aliphatic heterocycles. The van der Waals surface area contributed by atoms with Crippen LogP contribution in [0.3, 0.4) is 0 Å². The van der Waals surface area contributed by atoms with Crippen molar-refractivity contribution in [3.05, 3.63) is 30.3 Å². The first-order valence-corrected chi connectivity index (χ1v) is 7.36. The molecule has 0 aromatic heterocycles. The molecule has 2 amide bonds. The second-order valence-corrected chi connectivity index (χ2v) is 5.91. The summed E-state index contributed by atoms with van der Waals surface area (Å²) in [7, 11) is 1.64. The monoisotopic (exact) mass is 289 g/mol. The number of likely N-dealkylation sites (N-methyl/N-ethyl adjacent to an activating group) is 1. The number of nitrogens with zero attached hydrogens (tertiary/aromatic N) is 1. The fourth-order valence-electron chi connectivity index (χ4n) is 2.72. The van der Waals surface area contributed by atoms with Crippen molar-refractivity contribution in [1.82, 2.24) is 4.90 Å². The Morgan fingerprint density at radius 3 is 2.48 bits per heavy atom. The Morgan fingerprint density at radius 2 is 1.86 bits per heavy atom. The number of amides is 2. The third-order valence-electron chi connectivity index (χ3n) is 3.97. The van der Waals surface area contributed by atoms with Crippen molar-refractivity contribution < 1.29 is 9.59 Å². The molecule has 114 valence electrons. The lowest BCUT2D eigenvalue weighted by atomic mass is 9.94. The number of para-hydroxylation sites is 1. The fourth-order valence-corrected chi connectivity index (χ4v) is 2.72. The molecule has 2 rings (SSSR count). The van der Waals surface area contributed by atoms with Crippen molar-refractivity contribution in [2.75, 3.05) is 18.9 Å². The average Bonchev–Trinajstić information content (AvgIpc) is 2.86. The van der Waals surface area contributed by atoms with E-state index in [2.05, 4.69) is 5.32 Å². The summed E-state index contributed by atoms with van der Waals surface area (Å²) in [6.07, 6.45) is 4.28. The summed E-state index contributed by atoms with van der Waals surface area (Å²) in [5.41, 5.74) is 6.56. The molecule has 1 aromatic rings. The lowest BCUT2D eigenvalue weighted by molar-refractivity contribution is -0.134. The number of nitrogens with two attached hydrogens (primary N) is 1. The van der Waals surface area contributed by atoms with Gasteiger partial charge in [-0.15, -0.1) is 0 Å². The second kappa shape index (κ2) is 6.72. The number of carbonyl (C=O) groups is 2. The molecule has 0 bridgehead atoms. The van der Waals surface area contributed by atoms with Crippen molar-refractivity contribution in [2.45, 2.75) is 37.6 Å². The Bertz CT molecular complexity index is 496. The van der Waals surface area contributed by atoms with Crippen LogP contribution in [-0.4, -0.2) is 35.8 Å². The van der Waals surface area contributed by atoms with Gasteiger partial charge in [0.05, 0.1) is 6.54 Å². The van der Waals surface area contributed by atoms with Gasteiger partial charge in [-0.1, -0.05) is 31.0 Å². The number of nitrogens with one attached hydrogen (secondary N) is 1. The highest BCUT2D eigenvalue weighted by molar-refractivity contribution is 5.94. The zero-order chi connectivity index (χ0) is 15.3. The molecule has 1 aliphatic rings. The Balaban J connectivity index is 1.81. The molecule has 0 unspecified atom stereocenters. The smallest absolute Gasteiger partial charge is 0.243 e. The van der Waals surface area contributed by atoms with Gasteiger partial charge in [0.25, 0.3) is 0 Å². The standard InChI is InChI=1S/C16H23N3O2/c1-19(15(21)11-16(17)9-5-6-10-16)12-14(20)18-13-7-3-2-4-8-13/h2-4,7-8H,5-6,9-12,17H2,1H3,(H,18,20). The van der Waals surface area contributed by atoms with E-state index in [0.29, 0.717) is 6.42 Å². The maximum Gasteiger partial charge on any atom is 0.243 e. The number of anilines is 1. The van der Waals surface area contributed by atoms with E-state index in [4.69, 9.17) is 5.73 Å². The van der Waals surface area contributed by atoms with E-state index in [0.717, 1.165) is 31.4 Å². The van der Waals surface area contributed by atoms with Crippen LogP contribution in [0.15, 0.2) is 30.3 Å². The molecule has 5 heteroatoms. The van der Waals surface area contributed by atoms with Gasteiger partial charge in [-0.05, 0) is 25.0 Å². The number of rotatable bonds is 5. The van der Waals surface area contributed by atoms with E-state index in [1.807, 2.05) is 30.3 Å². The van der Waals surface area contributed by atoms with Crippen LogP contribution in [0.1, 0.15) is 32.1 Å². The van der Waals surface area contributed by atoms with Gasteiger partial charge in [0, 0.05) is 24.7 Å². The maximum absolute atomic E-state index is 12.2. The first kappa shape index (κ1) is 15.5. The highest BCUT2D eigenvalue weighted by Crippen LogP contribution is 2.30. The van der Waals surface area contributed by atoms with Crippen molar-refractivity contribution >= 4 is 17.5 Å². The van der Waals surface area contributed by atoms with E-state index in [-0.39, 0.29) is 23.9 Å². The third kappa shape index (κ3) is 4.56. The molecule has 1 aromatic carbocycles. The van der Waals surface area contributed by atoms with Gasteiger partial charge in [0.15, 0.2) is 0 Å². The van der Waals surface area contributed by atoms with Gasteiger partial charge in [0.2, 0.25) is 11.8 Å². The molecular weight excluding hydrogens is 266 g/mol. The molecule has 1 saturated carbocycles. The Morgan fingerprint density at radius 1 is 1.24 bits per heavy atom. The summed E-state index contributed by atoms with van der Waals surface area (Å²) in [5, 5.41) is 2.77. The van der Waals surface area contributed by atoms with Crippen molar-refractivity contribution in [1.29, 1.82) is 0 Å². The predicted octanol–water partition coefficient (Wildman–Crippen LogP) is 1.75. The van der Waals surface area contributed by atoms with Crippen LogP contribution in [-0.2, 0) is 9.59 Å². The Hall–Kier alpha value is -1.88. The highest BCUT2D eigenvalue weighted by Gasteiger charge is 2.32. The molecule has 3 N–H and O–H groups in total. The van der Waals surface area contributed by atoms with Gasteiger partial charge in [-0.25, -0.2) is 0 Å². The van der Waals surface area contributed by atoms with E-state index in [1.54, 1.807) is 7.05 Å². The normalized spacial score (nSPS) is 16.5. The van der Waals surface area contributed by atoms with Crippen molar-refractivity contribution in [3.8, 4) is 0 Å². The van der Waals surface area contributed by atoms with Gasteiger partial charge in [0.1, 0.15) is 0 Å². The molecule has 0 atom stereocenters. The lowest BCUT2D eigenvalue weighted by Crippen LogP contribution is -2.44. The van der Waals surface area contributed by atoms with E-state index < -0.39 is 0 Å². The molecule has 0 heterocycles. The van der Waals surface area contributed by atoms with Gasteiger partial charge >= 0.3 is 0 Å². The molecule has 1 fully saturated rings. The van der Waals surface area contributed by atoms with E-state index in [1.165, 1.54) is 4.90 Å². The van der Waals surface area contributed by atoms with Crippen molar-refractivity contribution in [2.24, 2.45) is 5.73 Å². The number of carbonyl (C=O) groups excluding carboxylic acids is 2. The van der Waals surface area contributed by atoms with E-state index >= 15 is 0 Å². The molecule has 0 spiro atoms. The summed E-state index contributed by atoms with van der Waals surface area (Å²) < 4.78 is 0. The van der Waals surface area contributed by atoms with Crippen LogP contribution in [0.4, 0.5) is 5.69 Å². The van der Waals surface area contributed by atoms with Crippen molar-refractivity contribution in [3.63, 3.8) is 0 Å². The zero-order valence-corrected chi connectivity index (χ0v) is 12.5. The van der Waals surface area contributed by atoms with Crippen LogP contribution < -0.4 is 11.1 Å². The molecular formula is C16H23N3O2. The number of hydrogen-bond acceptors (Lipinski definition) is 3. The van der Waals surface area contributed by atoms with Crippen LogP contribution in [0.2, 0.25) is 0 Å². The van der Waals surface area contributed by atoms with Gasteiger partial charge in [-0.3, -0.25) is 9.59 Å². The largest absolute Gasteiger partial charge is 0.336 e. The Kier molecular flexibility index (Phi) is 4.96. The molecule has 0 saturated heterocycles. The van der Waals surface area contributed by atoms with Crippen LogP contribution >= 0.6 is 0 Å². The van der Waals surface area contributed by atoms with Gasteiger partial charge < -0.3 is 16.0 Å². The average molecular weight is 289 g/mol. The molecule has 0 radical (unpaired) electrons. The fraction of sp³-hybridized carbons (Fsp3) is 0.500. The maximum atomic E-state index is 12.2. The van der Waals surface area contributed by atoms with E-state index in [9.17, 15) is 9.59 Å². The minimum Gasteiger partial charge on any atom is -0.336 e. The first-order chi connectivity index (χ1) is 9.98. The SMILES string of the molecule is CN(CC(=O)Nc1ccccc1)C(=O)CC1(N)CCCC1. The topological polar surface area (TPSA) is 75.4 Å². The first-order valence-electron chi connectivity index (χ1n) is 7.36. The molecule has 5 nitrogen and oxygen atoms in total. The van der Waals surface area contributed by atoms with Crippen LogP contribution in [0.5, 0.6) is 0 Å². The zero-order valence-electron chi connectivity index (χ0n) is 12.5. The van der Waals surface area contributed by atoms with Crippen LogP contribution in [0.25, 0.3) is 0 Å². The summed E-state index contributed by atoms with van der Waals surface area (Å²) in [4.78, 5) is 25.5. The minimum atomic E-state index is -0.374. The summed E-state index contributed by atoms with van der Waals surface area (Å²) in [6, 6.07) is 9.21. The Labute approximate surface area is 125 Å². The summed E-state index contributed by atoms with van der Waals surface area (Å²) in [5.74, 6) is -0.267. The summed E-state index contributed by atoms with van der Waals surface area (Å²) in [6.45, 7) is 0.0454. The van der Waals surface area contributed by atoms with Crippen LogP contribution in [0, 0.1) is 0 Å².